The van der Waals surface area contributed by atoms with Crippen molar-refractivity contribution in [2.45, 2.75) is 0 Å². The van der Waals surface area contributed by atoms with E-state index in [0.29, 0.717) is 6.54 Å². The molecular formula is C10H19NO7. The molecule has 0 heterocycles. The van der Waals surface area contributed by atoms with Gasteiger partial charge >= 0.3 is 11.9 Å². The molecule has 0 saturated carbocycles. The second-order valence-corrected chi connectivity index (χ2v) is 3.96. The number of rotatable bonds is 11. The molecule has 0 saturated heterocycles. The van der Waals surface area contributed by atoms with Crippen LogP contribution in [0.1, 0.15) is 0 Å². The number of nitrogens with one attached hydrogen (secondary N) is 1. The number of aliphatic hydroxyl groups is 1. The second kappa shape index (κ2) is 8.81. The summed E-state index contributed by atoms with van der Waals surface area (Å²) < 4.78 is 9.87. The summed E-state index contributed by atoms with van der Waals surface area (Å²) in [4.78, 5) is 20.6. The molecule has 0 aliphatic carbocycles. The standard InChI is InChI=1S/C10H19NO7/c1-11-4-10(5-12,6-17-2-8(13)14)7-18-3-9(15)16/h11-12H,2-7H2,1H3,(H,13,14)(H,15,16). The largest absolute Gasteiger partial charge is 0.480 e. The Morgan fingerprint density at radius 2 is 1.56 bits per heavy atom. The summed E-state index contributed by atoms with van der Waals surface area (Å²) in [5.41, 5.74) is -0.861. The molecule has 0 atom stereocenters. The molecule has 0 amide bonds. The lowest BCUT2D eigenvalue weighted by Gasteiger charge is -2.30. The molecule has 0 unspecified atom stereocenters. The Labute approximate surface area is 105 Å². The van der Waals surface area contributed by atoms with Crippen LogP contribution in [0.25, 0.3) is 0 Å². The zero-order chi connectivity index (χ0) is 14.0. The van der Waals surface area contributed by atoms with Crippen LogP contribution in [0.15, 0.2) is 0 Å². The van der Waals surface area contributed by atoms with Crippen LogP contribution in [0.2, 0.25) is 0 Å². The summed E-state index contributed by atoms with van der Waals surface area (Å²) in [5.74, 6) is -2.23. The number of aliphatic hydroxyl groups excluding tert-OH is 1. The Morgan fingerprint density at radius 3 is 1.83 bits per heavy atom. The fourth-order valence-electron chi connectivity index (χ4n) is 1.38. The van der Waals surface area contributed by atoms with Gasteiger partial charge in [-0.2, -0.15) is 0 Å². The molecule has 18 heavy (non-hydrogen) atoms. The third kappa shape index (κ3) is 7.17. The SMILES string of the molecule is CNCC(CO)(COCC(=O)O)COCC(=O)O. The summed E-state index contributed by atoms with van der Waals surface area (Å²) in [6.07, 6.45) is 0. The van der Waals surface area contributed by atoms with Crippen LogP contribution in [0.3, 0.4) is 0 Å². The van der Waals surface area contributed by atoms with Crippen molar-refractivity contribution in [3.05, 3.63) is 0 Å². The number of ether oxygens (including phenoxy) is 2. The lowest BCUT2D eigenvalue weighted by Crippen LogP contribution is -2.44. The van der Waals surface area contributed by atoms with Crippen molar-refractivity contribution >= 4 is 11.9 Å². The van der Waals surface area contributed by atoms with Gasteiger partial charge in [0.2, 0.25) is 0 Å². The van der Waals surface area contributed by atoms with Crippen LogP contribution >= 0.6 is 0 Å². The maximum absolute atomic E-state index is 10.3. The molecule has 8 nitrogen and oxygen atoms in total. The van der Waals surface area contributed by atoms with Gasteiger partial charge in [0, 0.05) is 6.54 Å². The van der Waals surface area contributed by atoms with Gasteiger partial charge in [-0.1, -0.05) is 0 Å². The number of carboxylic acids is 2. The van der Waals surface area contributed by atoms with Gasteiger partial charge in [0.05, 0.1) is 25.2 Å². The summed E-state index contributed by atoms with van der Waals surface area (Å²) in [7, 11) is 1.65. The Hall–Kier alpha value is -1.22. The highest BCUT2D eigenvalue weighted by Crippen LogP contribution is 2.16. The first-order chi connectivity index (χ1) is 8.45. The van der Waals surface area contributed by atoms with E-state index in [4.69, 9.17) is 19.7 Å². The highest BCUT2D eigenvalue weighted by atomic mass is 16.5. The average Bonchev–Trinajstić information content (AvgIpc) is 2.28. The fraction of sp³-hybridized carbons (Fsp3) is 0.800. The summed E-state index contributed by atoms with van der Waals surface area (Å²) in [5, 5.41) is 29.1. The zero-order valence-corrected chi connectivity index (χ0v) is 10.2. The number of aliphatic carboxylic acids is 2. The van der Waals surface area contributed by atoms with Gasteiger partial charge in [0.25, 0.3) is 0 Å². The van der Waals surface area contributed by atoms with Crippen molar-refractivity contribution in [2.75, 3.05) is 46.6 Å². The molecule has 0 rings (SSSR count). The van der Waals surface area contributed by atoms with Gasteiger partial charge in [0.15, 0.2) is 0 Å². The van der Waals surface area contributed by atoms with E-state index < -0.39 is 30.6 Å². The van der Waals surface area contributed by atoms with Gasteiger partial charge in [0.1, 0.15) is 13.2 Å². The molecule has 0 aromatic rings. The maximum Gasteiger partial charge on any atom is 0.329 e. The zero-order valence-electron chi connectivity index (χ0n) is 10.2. The normalized spacial score (nSPS) is 11.4. The lowest BCUT2D eigenvalue weighted by atomic mass is 9.91. The molecule has 4 N–H and O–H groups in total. The summed E-state index contributed by atoms with van der Waals surface area (Å²) in [6.45, 7) is -1.06. The van der Waals surface area contributed by atoms with E-state index in [1.807, 2.05) is 0 Å². The van der Waals surface area contributed by atoms with E-state index >= 15 is 0 Å². The smallest absolute Gasteiger partial charge is 0.329 e. The van der Waals surface area contributed by atoms with Crippen molar-refractivity contribution < 1.29 is 34.4 Å². The Bertz CT molecular complexity index is 249. The Balaban J connectivity index is 4.30. The second-order valence-electron chi connectivity index (χ2n) is 3.96. The predicted octanol–water partition coefficient (Wildman–Crippen LogP) is -1.61. The van der Waals surface area contributed by atoms with Crippen LogP contribution in [-0.4, -0.2) is 73.9 Å². The average molecular weight is 265 g/mol. The summed E-state index contributed by atoms with van der Waals surface area (Å²) >= 11 is 0. The van der Waals surface area contributed by atoms with Crippen LogP contribution < -0.4 is 5.32 Å². The third-order valence-electron chi connectivity index (χ3n) is 2.15. The Morgan fingerprint density at radius 1 is 1.11 bits per heavy atom. The number of hydrogen-bond acceptors (Lipinski definition) is 6. The molecule has 0 aliphatic heterocycles. The van der Waals surface area contributed by atoms with E-state index in [-0.39, 0.29) is 19.8 Å². The van der Waals surface area contributed by atoms with Crippen LogP contribution in [0, 0.1) is 5.41 Å². The molecule has 0 spiro atoms. The molecular weight excluding hydrogens is 246 g/mol. The van der Waals surface area contributed by atoms with Crippen molar-refractivity contribution in [1.29, 1.82) is 0 Å². The topological polar surface area (TPSA) is 125 Å². The van der Waals surface area contributed by atoms with Crippen molar-refractivity contribution in [3.8, 4) is 0 Å². The number of carboxylic acid groups (broad SMARTS) is 2. The first kappa shape index (κ1) is 16.8. The third-order valence-corrected chi connectivity index (χ3v) is 2.15. The van der Waals surface area contributed by atoms with Crippen molar-refractivity contribution in [1.82, 2.24) is 5.32 Å². The fourth-order valence-corrected chi connectivity index (χ4v) is 1.38. The quantitative estimate of drug-likeness (QED) is 0.351. The molecule has 0 aromatic carbocycles. The Kier molecular flexibility index (Phi) is 8.21. The highest BCUT2D eigenvalue weighted by Gasteiger charge is 2.30. The minimum Gasteiger partial charge on any atom is -0.480 e. The minimum absolute atomic E-state index is 0.0454. The maximum atomic E-state index is 10.3. The lowest BCUT2D eigenvalue weighted by molar-refractivity contribution is -0.147. The van der Waals surface area contributed by atoms with Crippen LogP contribution in [0.4, 0.5) is 0 Å². The molecule has 0 fully saturated rings. The molecule has 106 valence electrons. The van der Waals surface area contributed by atoms with E-state index in [1.165, 1.54) is 0 Å². The predicted molar refractivity (Wildman–Crippen MR) is 60.4 cm³/mol. The van der Waals surface area contributed by atoms with E-state index in [1.54, 1.807) is 7.05 Å². The van der Waals surface area contributed by atoms with Gasteiger partial charge in [-0.3, -0.25) is 0 Å². The first-order valence-corrected chi connectivity index (χ1v) is 5.30. The van der Waals surface area contributed by atoms with Gasteiger partial charge in [-0.25, -0.2) is 9.59 Å². The molecule has 8 heteroatoms. The van der Waals surface area contributed by atoms with E-state index in [0.717, 1.165) is 0 Å². The van der Waals surface area contributed by atoms with Gasteiger partial charge < -0.3 is 30.1 Å². The van der Waals surface area contributed by atoms with Crippen molar-refractivity contribution in [3.63, 3.8) is 0 Å². The number of carbonyl (C=O) groups is 2. The monoisotopic (exact) mass is 265 g/mol. The van der Waals surface area contributed by atoms with Gasteiger partial charge in [-0.05, 0) is 7.05 Å². The molecule has 0 aromatic heterocycles. The van der Waals surface area contributed by atoms with Gasteiger partial charge in [-0.15, -0.1) is 0 Å². The first-order valence-electron chi connectivity index (χ1n) is 5.30. The highest BCUT2D eigenvalue weighted by molar-refractivity contribution is 5.68. The van der Waals surface area contributed by atoms with Crippen LogP contribution in [-0.2, 0) is 19.1 Å². The minimum atomic E-state index is -1.11. The number of hydrogen-bond donors (Lipinski definition) is 4. The summed E-state index contributed by atoms with van der Waals surface area (Å²) in [6, 6.07) is 0. The molecule has 0 bridgehead atoms. The van der Waals surface area contributed by atoms with E-state index in [9.17, 15) is 14.7 Å². The van der Waals surface area contributed by atoms with Crippen molar-refractivity contribution in [2.24, 2.45) is 5.41 Å². The molecule has 0 aliphatic rings. The van der Waals surface area contributed by atoms with Crippen LogP contribution in [0.5, 0.6) is 0 Å². The molecule has 0 radical (unpaired) electrons. The van der Waals surface area contributed by atoms with E-state index in [2.05, 4.69) is 5.32 Å².